The Kier molecular flexibility index (Phi) is 4.58. The van der Waals surface area contributed by atoms with Gasteiger partial charge in [0, 0.05) is 51.7 Å². The number of fused-ring (bicyclic) bond motifs is 1. The molecule has 4 heterocycles. The molecule has 4 bridgehead atoms. The molecule has 132 valence electrons. The summed E-state index contributed by atoms with van der Waals surface area (Å²) in [6.07, 6.45) is 1.79. The summed E-state index contributed by atoms with van der Waals surface area (Å²) in [4.78, 5) is 5.22. The van der Waals surface area contributed by atoms with Gasteiger partial charge in [0.1, 0.15) is 0 Å². The highest BCUT2D eigenvalue weighted by Gasteiger charge is 2.53. The Labute approximate surface area is 154 Å². The summed E-state index contributed by atoms with van der Waals surface area (Å²) < 4.78 is 0. The SMILES string of the molecule is C=CCNC(=S)N/N=C1\C2CN3CCN(C2)CC1(c1ccccc1)C3. The van der Waals surface area contributed by atoms with Crippen molar-refractivity contribution < 1.29 is 0 Å². The van der Waals surface area contributed by atoms with Crippen LogP contribution in [0.5, 0.6) is 0 Å². The molecule has 1 aromatic rings. The van der Waals surface area contributed by atoms with Gasteiger partial charge in [-0.05, 0) is 17.8 Å². The van der Waals surface area contributed by atoms with Gasteiger partial charge in [0.2, 0.25) is 0 Å². The van der Waals surface area contributed by atoms with Gasteiger partial charge in [-0.15, -0.1) is 6.58 Å². The maximum absolute atomic E-state index is 5.33. The fourth-order valence-corrected chi connectivity index (χ4v) is 4.70. The van der Waals surface area contributed by atoms with E-state index in [2.05, 4.69) is 57.5 Å². The van der Waals surface area contributed by atoms with E-state index in [4.69, 9.17) is 17.3 Å². The van der Waals surface area contributed by atoms with Crippen LogP contribution in [0.1, 0.15) is 5.56 Å². The van der Waals surface area contributed by atoms with Crippen molar-refractivity contribution in [3.8, 4) is 0 Å². The molecule has 0 spiro atoms. The lowest BCUT2D eigenvalue weighted by atomic mass is 9.66. The highest BCUT2D eigenvalue weighted by atomic mass is 32.1. The van der Waals surface area contributed by atoms with Gasteiger partial charge in [0.05, 0.1) is 11.1 Å². The average Bonchev–Trinajstić information content (AvgIpc) is 2.88. The van der Waals surface area contributed by atoms with Crippen LogP contribution in [0.15, 0.2) is 48.1 Å². The zero-order chi connectivity index (χ0) is 17.3. The van der Waals surface area contributed by atoms with Gasteiger partial charge < -0.3 is 15.1 Å². The van der Waals surface area contributed by atoms with Gasteiger partial charge in [-0.25, -0.2) is 0 Å². The van der Waals surface area contributed by atoms with Gasteiger partial charge in [-0.3, -0.25) is 5.43 Å². The van der Waals surface area contributed by atoms with Crippen LogP contribution in [-0.2, 0) is 5.41 Å². The number of hydrazone groups is 1. The topological polar surface area (TPSA) is 42.9 Å². The maximum atomic E-state index is 5.33. The van der Waals surface area contributed by atoms with Crippen molar-refractivity contribution in [2.45, 2.75) is 5.41 Å². The minimum absolute atomic E-state index is 0.0417. The van der Waals surface area contributed by atoms with Gasteiger partial charge in [0.15, 0.2) is 5.11 Å². The number of benzene rings is 1. The van der Waals surface area contributed by atoms with Crippen molar-refractivity contribution in [3.63, 3.8) is 0 Å². The maximum Gasteiger partial charge on any atom is 0.187 e. The van der Waals surface area contributed by atoms with E-state index in [1.54, 1.807) is 6.08 Å². The van der Waals surface area contributed by atoms with E-state index < -0.39 is 0 Å². The Bertz CT molecular complexity index is 670. The first-order valence-corrected chi connectivity index (χ1v) is 9.35. The minimum Gasteiger partial charge on any atom is -0.358 e. The smallest absolute Gasteiger partial charge is 0.187 e. The van der Waals surface area contributed by atoms with E-state index in [0.29, 0.717) is 17.6 Å². The summed E-state index contributed by atoms with van der Waals surface area (Å²) in [6.45, 7) is 10.9. The zero-order valence-electron chi connectivity index (χ0n) is 14.4. The normalized spacial score (nSPS) is 34.6. The second kappa shape index (κ2) is 6.86. The van der Waals surface area contributed by atoms with Crippen molar-refractivity contribution in [2.24, 2.45) is 11.0 Å². The van der Waals surface area contributed by atoms with E-state index in [-0.39, 0.29) is 5.41 Å². The van der Waals surface area contributed by atoms with Crippen molar-refractivity contribution in [3.05, 3.63) is 48.6 Å². The van der Waals surface area contributed by atoms with E-state index in [9.17, 15) is 0 Å². The van der Waals surface area contributed by atoms with Gasteiger partial charge in [-0.2, -0.15) is 5.10 Å². The largest absolute Gasteiger partial charge is 0.358 e. The third-order valence-electron chi connectivity index (χ3n) is 5.56. The number of piperidine rings is 2. The molecule has 4 fully saturated rings. The standard InChI is InChI=1S/C19H25N5S/c1-2-8-20-18(25)22-21-17-15-11-23-9-10-24(12-15)14-19(17,13-23)16-6-4-3-5-7-16/h2-7,15H,1,8-14H2,(H2,20,22,25)/b21-17+. The van der Waals surface area contributed by atoms with E-state index >= 15 is 0 Å². The average molecular weight is 356 g/mol. The number of hydrogen-bond acceptors (Lipinski definition) is 4. The third kappa shape index (κ3) is 3.10. The molecule has 25 heavy (non-hydrogen) atoms. The fraction of sp³-hybridized carbons (Fsp3) is 0.474. The summed E-state index contributed by atoms with van der Waals surface area (Å²) in [7, 11) is 0. The van der Waals surface area contributed by atoms with Crippen LogP contribution in [0.3, 0.4) is 0 Å². The molecule has 5 nitrogen and oxygen atoms in total. The molecule has 4 aliphatic heterocycles. The molecule has 0 amide bonds. The molecule has 4 aliphatic rings. The van der Waals surface area contributed by atoms with E-state index in [1.807, 2.05) is 0 Å². The van der Waals surface area contributed by atoms with Crippen LogP contribution in [0.4, 0.5) is 0 Å². The molecule has 2 unspecified atom stereocenters. The number of nitrogens with one attached hydrogen (secondary N) is 2. The first-order valence-electron chi connectivity index (χ1n) is 8.94. The highest BCUT2D eigenvalue weighted by molar-refractivity contribution is 7.80. The number of hydrogen-bond donors (Lipinski definition) is 2. The molecule has 0 aliphatic carbocycles. The molecule has 6 heteroatoms. The lowest BCUT2D eigenvalue weighted by Gasteiger charge is -2.50. The molecule has 0 radical (unpaired) electrons. The molecule has 5 rings (SSSR count). The van der Waals surface area contributed by atoms with Crippen LogP contribution in [0, 0.1) is 5.92 Å². The quantitative estimate of drug-likeness (QED) is 0.483. The summed E-state index contributed by atoms with van der Waals surface area (Å²) in [6, 6.07) is 10.9. The third-order valence-corrected chi connectivity index (χ3v) is 5.80. The van der Waals surface area contributed by atoms with Gasteiger partial charge in [0.25, 0.3) is 0 Å². The lowest BCUT2D eigenvalue weighted by Crippen LogP contribution is -2.64. The predicted molar refractivity (Wildman–Crippen MR) is 106 cm³/mol. The van der Waals surface area contributed by atoms with Crippen molar-refractivity contribution in [1.82, 2.24) is 20.5 Å². The molecular formula is C19H25N5S. The van der Waals surface area contributed by atoms with E-state index in [0.717, 1.165) is 39.3 Å². The molecule has 4 saturated heterocycles. The minimum atomic E-state index is -0.0417. The lowest BCUT2D eigenvalue weighted by molar-refractivity contribution is 0.163. The summed E-state index contributed by atoms with van der Waals surface area (Å²) >= 11 is 5.33. The summed E-state index contributed by atoms with van der Waals surface area (Å²) in [5.41, 5.74) is 5.67. The van der Waals surface area contributed by atoms with Gasteiger partial charge >= 0.3 is 0 Å². The number of nitrogens with zero attached hydrogens (tertiary/aromatic N) is 3. The highest BCUT2D eigenvalue weighted by Crippen LogP contribution is 2.40. The molecular weight excluding hydrogens is 330 g/mol. The monoisotopic (exact) mass is 355 g/mol. The summed E-state index contributed by atoms with van der Waals surface area (Å²) in [5.74, 6) is 0.458. The Morgan fingerprint density at radius 2 is 1.92 bits per heavy atom. The van der Waals surface area contributed by atoms with Crippen LogP contribution in [0.2, 0.25) is 0 Å². The Hall–Kier alpha value is -1.76. The molecule has 0 saturated carbocycles. The van der Waals surface area contributed by atoms with Crippen LogP contribution >= 0.6 is 12.2 Å². The molecule has 0 aromatic heterocycles. The van der Waals surface area contributed by atoms with Crippen molar-refractivity contribution in [1.29, 1.82) is 0 Å². The van der Waals surface area contributed by atoms with Crippen LogP contribution < -0.4 is 10.7 Å². The van der Waals surface area contributed by atoms with Crippen LogP contribution in [0.25, 0.3) is 0 Å². The van der Waals surface area contributed by atoms with E-state index in [1.165, 1.54) is 11.3 Å². The van der Waals surface area contributed by atoms with Crippen LogP contribution in [-0.4, -0.2) is 66.4 Å². The first kappa shape index (κ1) is 16.7. The number of rotatable bonds is 4. The summed E-state index contributed by atoms with van der Waals surface area (Å²) in [5, 5.41) is 8.49. The van der Waals surface area contributed by atoms with Crippen molar-refractivity contribution in [2.75, 3.05) is 45.8 Å². The van der Waals surface area contributed by atoms with Gasteiger partial charge in [-0.1, -0.05) is 36.4 Å². The number of thiocarbonyl (C=S) groups is 1. The Morgan fingerprint density at radius 1 is 1.24 bits per heavy atom. The second-order valence-corrected chi connectivity index (χ2v) is 7.63. The Balaban J connectivity index is 1.69. The Morgan fingerprint density at radius 3 is 2.56 bits per heavy atom. The fourth-order valence-electron chi connectivity index (χ4n) is 4.57. The molecule has 1 aromatic carbocycles. The predicted octanol–water partition coefficient (Wildman–Crippen LogP) is 1.19. The second-order valence-electron chi connectivity index (χ2n) is 7.22. The zero-order valence-corrected chi connectivity index (χ0v) is 15.3. The molecule has 2 N–H and O–H groups in total. The van der Waals surface area contributed by atoms with Crippen molar-refractivity contribution >= 4 is 23.0 Å². The molecule has 2 atom stereocenters. The first-order chi connectivity index (χ1) is 12.2.